The van der Waals surface area contributed by atoms with Crippen molar-refractivity contribution >= 4 is 50.0 Å². The van der Waals surface area contributed by atoms with Crippen LogP contribution in [-0.4, -0.2) is 15.0 Å². The summed E-state index contributed by atoms with van der Waals surface area (Å²) in [5.41, 5.74) is 8.19. The Morgan fingerprint density at radius 2 is 1.08 bits per heavy atom. The van der Waals surface area contributed by atoms with Crippen molar-refractivity contribution in [2.24, 2.45) is 0 Å². The Balaban J connectivity index is 1.13. The maximum absolute atomic E-state index is 8.59. The van der Waals surface area contributed by atoms with Crippen molar-refractivity contribution in [2.45, 2.75) is 0 Å². The minimum atomic E-state index is -0.110. The Labute approximate surface area is 304 Å². The van der Waals surface area contributed by atoms with Crippen LogP contribution in [0.4, 0.5) is 0 Å². The molecule has 3 heterocycles. The lowest BCUT2D eigenvalue weighted by molar-refractivity contribution is 0.668. The minimum absolute atomic E-state index is 0.0985. The first kappa shape index (κ1) is 25.8. The van der Waals surface area contributed by atoms with Crippen molar-refractivity contribution in [3.05, 3.63) is 170 Å². The van der Waals surface area contributed by atoms with E-state index in [-0.39, 0.29) is 35.3 Å². The molecule has 0 aliphatic carbocycles. The molecule has 0 spiro atoms. The molecule has 244 valence electrons. The van der Waals surface area contributed by atoms with Crippen LogP contribution in [-0.2, 0) is 0 Å². The first-order valence-electron chi connectivity index (χ1n) is 18.9. The van der Waals surface area contributed by atoms with Crippen LogP contribution in [0.1, 0.15) is 11.0 Å². The van der Waals surface area contributed by atoms with E-state index in [9.17, 15) is 0 Å². The number of fused-ring (bicyclic) bond motifs is 6. The normalized spacial score (nSPS) is 12.6. The second-order valence-electron chi connectivity index (χ2n) is 12.5. The molecule has 0 saturated carbocycles. The van der Waals surface area contributed by atoms with Crippen LogP contribution in [0.5, 0.6) is 0 Å². The molecule has 5 heteroatoms. The van der Waals surface area contributed by atoms with Crippen LogP contribution in [0.25, 0.3) is 106 Å². The summed E-state index contributed by atoms with van der Waals surface area (Å²) in [6.07, 6.45) is 1.36. The SMILES string of the molecule is [2H]c1c([2H])c(-c2ccc(-c3ccc4oc5cccc(-c6nc(-c7ccccc7)nc(-c7cccc8c7oc7ccccc78)n6)c5c4c3)cc2)c([2H])c([2H])c1C=C. The third kappa shape index (κ3) is 4.98. The average Bonchev–Trinajstić information content (AvgIpc) is 3.82. The smallest absolute Gasteiger partial charge is 0.167 e. The van der Waals surface area contributed by atoms with Crippen LogP contribution in [0.15, 0.2) is 173 Å². The number of nitrogens with zero attached hydrogens (tertiary/aromatic N) is 3. The number of hydrogen-bond acceptors (Lipinski definition) is 5. The predicted octanol–water partition coefficient (Wildman–Crippen LogP) is 12.6. The third-order valence-electron chi connectivity index (χ3n) is 9.40. The standard InChI is InChI=1S/C47H29N3O2/c1-2-29-18-20-30(21-19-29)31-22-24-32(25-23-31)34-26-27-41-39(28-34)43-37(14-9-17-42(43)51-41)46-48-45(33-10-4-3-5-11-33)49-47(50-46)38-15-8-13-36-35-12-6-7-16-40(35)52-44(36)38/h2-28H,1H2/i18D,19D,20D,21D. The summed E-state index contributed by atoms with van der Waals surface area (Å²) in [6.45, 7) is 3.66. The molecule has 7 aromatic carbocycles. The monoisotopic (exact) mass is 671 g/mol. The van der Waals surface area contributed by atoms with Crippen molar-refractivity contribution in [1.29, 1.82) is 0 Å². The number of rotatable bonds is 6. The molecule has 0 N–H and O–H groups in total. The predicted molar refractivity (Wildman–Crippen MR) is 212 cm³/mol. The molecule has 0 radical (unpaired) electrons. The number of para-hydroxylation sites is 2. The Kier molecular flexibility index (Phi) is 5.97. The minimum Gasteiger partial charge on any atom is -0.456 e. The van der Waals surface area contributed by atoms with Gasteiger partial charge in [-0.1, -0.05) is 140 Å². The van der Waals surface area contributed by atoms with E-state index in [0.29, 0.717) is 39.8 Å². The molecule has 0 amide bonds. The Hall–Kier alpha value is -7.11. The summed E-state index contributed by atoms with van der Waals surface area (Å²) in [7, 11) is 0. The molecule has 52 heavy (non-hydrogen) atoms. The van der Waals surface area contributed by atoms with Gasteiger partial charge in [0.25, 0.3) is 0 Å². The van der Waals surface area contributed by atoms with Crippen LogP contribution in [0, 0.1) is 0 Å². The topological polar surface area (TPSA) is 65.0 Å². The van der Waals surface area contributed by atoms with Gasteiger partial charge in [0.15, 0.2) is 17.5 Å². The molecular weight excluding hydrogens is 639 g/mol. The van der Waals surface area contributed by atoms with Gasteiger partial charge < -0.3 is 8.83 Å². The maximum Gasteiger partial charge on any atom is 0.167 e. The quantitative estimate of drug-likeness (QED) is 0.176. The molecule has 0 saturated heterocycles. The highest BCUT2D eigenvalue weighted by Crippen LogP contribution is 2.40. The highest BCUT2D eigenvalue weighted by atomic mass is 16.3. The Morgan fingerprint density at radius 1 is 0.462 bits per heavy atom. The molecule has 3 aromatic heterocycles. The zero-order valence-electron chi connectivity index (χ0n) is 31.6. The summed E-state index contributed by atoms with van der Waals surface area (Å²) in [4.78, 5) is 15.2. The van der Waals surface area contributed by atoms with Gasteiger partial charge in [-0.3, -0.25) is 0 Å². The largest absolute Gasteiger partial charge is 0.456 e. The lowest BCUT2D eigenvalue weighted by Crippen LogP contribution is -2.00. The number of aromatic nitrogens is 3. The molecule has 5 nitrogen and oxygen atoms in total. The van der Waals surface area contributed by atoms with E-state index < -0.39 is 0 Å². The number of hydrogen-bond donors (Lipinski definition) is 0. The maximum atomic E-state index is 8.59. The van der Waals surface area contributed by atoms with Gasteiger partial charge in [-0.2, -0.15) is 0 Å². The van der Waals surface area contributed by atoms with Crippen LogP contribution in [0.2, 0.25) is 0 Å². The molecular formula is C47H29N3O2. The van der Waals surface area contributed by atoms with E-state index in [1.807, 2.05) is 115 Å². The fourth-order valence-electron chi connectivity index (χ4n) is 6.85. The first-order valence-corrected chi connectivity index (χ1v) is 16.9. The fraction of sp³-hybridized carbons (Fsp3) is 0. The molecule has 10 aromatic rings. The number of benzene rings is 7. The average molecular weight is 672 g/mol. The van der Waals surface area contributed by atoms with Gasteiger partial charge in [-0.25, -0.2) is 15.0 Å². The van der Waals surface area contributed by atoms with Crippen molar-refractivity contribution in [1.82, 2.24) is 15.0 Å². The van der Waals surface area contributed by atoms with Gasteiger partial charge in [0.1, 0.15) is 22.3 Å². The molecule has 0 aliphatic heterocycles. The molecule has 0 unspecified atom stereocenters. The van der Waals surface area contributed by atoms with Crippen molar-refractivity contribution < 1.29 is 14.3 Å². The summed E-state index contributed by atoms with van der Waals surface area (Å²) in [5, 5.41) is 3.76. The second-order valence-corrected chi connectivity index (χ2v) is 12.5. The van der Waals surface area contributed by atoms with E-state index in [4.69, 9.17) is 29.3 Å². The lowest BCUT2D eigenvalue weighted by atomic mass is 9.98. The second kappa shape index (κ2) is 12.0. The summed E-state index contributed by atoms with van der Waals surface area (Å²) >= 11 is 0. The summed E-state index contributed by atoms with van der Waals surface area (Å²) in [6, 6.07) is 42.9. The molecule has 0 fully saturated rings. The van der Waals surface area contributed by atoms with E-state index >= 15 is 0 Å². The van der Waals surface area contributed by atoms with E-state index in [0.717, 1.165) is 54.9 Å². The first-order chi connectivity index (χ1) is 27.4. The summed E-state index contributed by atoms with van der Waals surface area (Å²) < 4.78 is 46.8. The Morgan fingerprint density at radius 3 is 1.88 bits per heavy atom. The summed E-state index contributed by atoms with van der Waals surface area (Å²) in [5.74, 6) is 1.52. The molecule has 10 rings (SSSR count). The van der Waals surface area contributed by atoms with E-state index in [2.05, 4.69) is 24.8 Å². The van der Waals surface area contributed by atoms with Gasteiger partial charge in [0.05, 0.1) is 11.0 Å². The number of furan rings is 2. The van der Waals surface area contributed by atoms with E-state index in [1.165, 1.54) is 6.08 Å². The molecule has 0 aliphatic rings. The van der Waals surface area contributed by atoms with Crippen LogP contribution in [0.3, 0.4) is 0 Å². The third-order valence-corrected chi connectivity index (χ3v) is 9.40. The zero-order valence-corrected chi connectivity index (χ0v) is 27.6. The van der Waals surface area contributed by atoms with Gasteiger partial charge in [0.2, 0.25) is 0 Å². The van der Waals surface area contributed by atoms with Gasteiger partial charge in [0, 0.05) is 32.7 Å². The van der Waals surface area contributed by atoms with E-state index in [1.54, 1.807) is 0 Å². The Bertz CT molecular complexity index is 3180. The van der Waals surface area contributed by atoms with Gasteiger partial charge in [-0.15, -0.1) is 0 Å². The van der Waals surface area contributed by atoms with Gasteiger partial charge in [-0.05, 0) is 58.1 Å². The highest BCUT2D eigenvalue weighted by Gasteiger charge is 2.20. The highest BCUT2D eigenvalue weighted by molar-refractivity contribution is 6.13. The molecule has 0 bridgehead atoms. The van der Waals surface area contributed by atoms with Gasteiger partial charge >= 0.3 is 0 Å². The van der Waals surface area contributed by atoms with Crippen molar-refractivity contribution in [3.63, 3.8) is 0 Å². The zero-order chi connectivity index (χ0) is 38.1. The fourth-order valence-corrected chi connectivity index (χ4v) is 6.85. The molecule has 0 atom stereocenters. The van der Waals surface area contributed by atoms with Crippen molar-refractivity contribution in [2.75, 3.05) is 0 Å². The van der Waals surface area contributed by atoms with Crippen LogP contribution < -0.4 is 0 Å². The van der Waals surface area contributed by atoms with Crippen LogP contribution >= 0.6 is 0 Å². The lowest BCUT2D eigenvalue weighted by Gasteiger charge is -2.10. The van der Waals surface area contributed by atoms with Crippen molar-refractivity contribution in [3.8, 4) is 56.4 Å².